The molecule has 2 heterocycles. The summed E-state index contributed by atoms with van der Waals surface area (Å²) in [6.07, 6.45) is 3.44. The molecule has 10 heteroatoms. The van der Waals surface area contributed by atoms with Gasteiger partial charge in [-0.15, -0.1) is 5.10 Å². The van der Waals surface area contributed by atoms with Gasteiger partial charge in [-0.25, -0.2) is 19.8 Å². The molecule has 1 amide bonds. The van der Waals surface area contributed by atoms with Gasteiger partial charge in [-0.3, -0.25) is 9.78 Å². The third-order valence-electron chi connectivity index (χ3n) is 5.45. The number of hydrogen-bond acceptors (Lipinski definition) is 7. The third-order valence-corrected chi connectivity index (χ3v) is 5.45. The predicted molar refractivity (Wildman–Crippen MR) is 132 cm³/mol. The van der Waals surface area contributed by atoms with E-state index in [9.17, 15) is 14.4 Å². The molecule has 0 aliphatic carbocycles. The lowest BCUT2D eigenvalue weighted by molar-refractivity contribution is -0.115. The SMILES string of the molecule is N#Cc1ccccc1N(N)c1nc2cnc(-c3ccc(NC(=O)Cc4ccc(F)cc4)cc3)cn2n1. The number of nitrogens with zero attached hydrogens (tertiary/aromatic N) is 6. The van der Waals surface area contributed by atoms with Crippen molar-refractivity contribution in [3.8, 4) is 17.3 Å². The van der Waals surface area contributed by atoms with Crippen molar-refractivity contribution >= 4 is 28.9 Å². The average Bonchev–Trinajstić information content (AvgIpc) is 3.33. The second-order valence-electron chi connectivity index (χ2n) is 7.91. The van der Waals surface area contributed by atoms with Crippen LogP contribution in [0.5, 0.6) is 0 Å². The molecule has 0 bridgehead atoms. The molecule has 5 aromatic rings. The lowest BCUT2D eigenvalue weighted by Gasteiger charge is -2.14. The van der Waals surface area contributed by atoms with E-state index in [0.29, 0.717) is 28.3 Å². The average molecular weight is 478 g/mol. The summed E-state index contributed by atoms with van der Waals surface area (Å²) >= 11 is 0. The van der Waals surface area contributed by atoms with Gasteiger partial charge in [0.05, 0.1) is 35.8 Å². The van der Waals surface area contributed by atoms with Crippen LogP contribution < -0.4 is 16.2 Å². The molecule has 0 fully saturated rings. The first-order chi connectivity index (χ1) is 17.5. The molecular weight excluding hydrogens is 459 g/mol. The van der Waals surface area contributed by atoms with Crippen LogP contribution in [0.4, 0.5) is 21.7 Å². The Balaban J connectivity index is 1.31. The number of benzene rings is 3. The van der Waals surface area contributed by atoms with Gasteiger partial charge < -0.3 is 5.32 Å². The number of carbonyl (C=O) groups is 1. The normalized spacial score (nSPS) is 10.7. The zero-order chi connectivity index (χ0) is 25.1. The number of rotatable bonds is 6. The van der Waals surface area contributed by atoms with E-state index in [2.05, 4.69) is 26.5 Å². The third kappa shape index (κ3) is 4.72. The zero-order valence-corrected chi connectivity index (χ0v) is 18.8. The fourth-order valence-electron chi connectivity index (χ4n) is 3.64. The Kier molecular flexibility index (Phi) is 6.05. The van der Waals surface area contributed by atoms with Gasteiger partial charge in [0.25, 0.3) is 5.95 Å². The Morgan fingerprint density at radius 2 is 1.83 bits per heavy atom. The number of fused-ring (bicyclic) bond motifs is 1. The van der Waals surface area contributed by atoms with E-state index < -0.39 is 0 Å². The predicted octanol–water partition coefficient (Wildman–Crippen LogP) is 4.00. The second-order valence-corrected chi connectivity index (χ2v) is 7.91. The summed E-state index contributed by atoms with van der Waals surface area (Å²) in [6.45, 7) is 0. The lowest BCUT2D eigenvalue weighted by atomic mass is 10.1. The van der Waals surface area contributed by atoms with E-state index in [-0.39, 0.29) is 24.1 Å². The van der Waals surface area contributed by atoms with Crippen LogP contribution in [-0.2, 0) is 11.2 Å². The van der Waals surface area contributed by atoms with Crippen LogP contribution in [0.15, 0.2) is 85.2 Å². The van der Waals surface area contributed by atoms with Gasteiger partial charge in [-0.1, -0.05) is 36.4 Å². The van der Waals surface area contributed by atoms with E-state index in [1.165, 1.54) is 17.1 Å². The van der Waals surface area contributed by atoms with Gasteiger partial charge in [-0.05, 0) is 42.0 Å². The number of para-hydroxylation sites is 1. The summed E-state index contributed by atoms with van der Waals surface area (Å²) in [5, 5.41) is 17.9. The first kappa shape index (κ1) is 22.6. The highest BCUT2D eigenvalue weighted by molar-refractivity contribution is 5.92. The minimum atomic E-state index is -0.339. The molecule has 0 aliphatic rings. The summed E-state index contributed by atoms with van der Waals surface area (Å²) in [5.41, 5.74) is 4.19. The second kappa shape index (κ2) is 9.61. The molecule has 0 saturated carbocycles. The Labute approximate surface area is 205 Å². The maximum absolute atomic E-state index is 13.0. The van der Waals surface area contributed by atoms with Crippen LogP contribution in [0.25, 0.3) is 16.9 Å². The first-order valence-corrected chi connectivity index (χ1v) is 10.9. The standard InChI is InChI=1S/C26H19FN8O/c27-20-9-5-17(6-10-20)13-25(36)31-21-11-7-18(8-12-21)22-16-34-24(15-30-22)32-26(33-34)35(29)23-4-2-1-3-19(23)14-28/h1-12,15-16H,13,29H2,(H,31,36). The number of nitriles is 1. The van der Waals surface area contributed by atoms with Crippen LogP contribution in [0, 0.1) is 17.1 Å². The monoisotopic (exact) mass is 478 g/mol. The molecule has 0 atom stereocenters. The van der Waals surface area contributed by atoms with E-state index in [4.69, 9.17) is 5.84 Å². The number of amides is 1. The fourth-order valence-corrected chi connectivity index (χ4v) is 3.64. The molecule has 36 heavy (non-hydrogen) atoms. The molecule has 176 valence electrons. The molecule has 0 unspecified atom stereocenters. The lowest BCUT2D eigenvalue weighted by Crippen LogP contribution is -2.27. The number of halogens is 1. The smallest absolute Gasteiger partial charge is 0.264 e. The summed E-state index contributed by atoms with van der Waals surface area (Å²) in [5.74, 6) is 5.87. The van der Waals surface area contributed by atoms with Crippen molar-refractivity contribution in [1.29, 1.82) is 5.26 Å². The van der Waals surface area contributed by atoms with Crippen molar-refractivity contribution in [2.45, 2.75) is 6.42 Å². The minimum Gasteiger partial charge on any atom is -0.326 e. The maximum Gasteiger partial charge on any atom is 0.264 e. The van der Waals surface area contributed by atoms with E-state index in [0.717, 1.165) is 11.1 Å². The molecule has 3 aromatic carbocycles. The molecule has 2 aromatic heterocycles. The highest BCUT2D eigenvalue weighted by Gasteiger charge is 2.15. The summed E-state index contributed by atoms with van der Waals surface area (Å²) < 4.78 is 14.6. The number of nitrogens with two attached hydrogens (primary N) is 1. The van der Waals surface area contributed by atoms with Gasteiger partial charge in [0.15, 0.2) is 5.65 Å². The summed E-state index contributed by atoms with van der Waals surface area (Å²) in [4.78, 5) is 21.2. The highest BCUT2D eigenvalue weighted by atomic mass is 19.1. The van der Waals surface area contributed by atoms with Gasteiger partial charge in [-0.2, -0.15) is 10.2 Å². The summed E-state index contributed by atoms with van der Waals surface area (Å²) in [6, 6.07) is 22.1. The van der Waals surface area contributed by atoms with E-state index in [1.54, 1.807) is 65.4 Å². The van der Waals surface area contributed by atoms with Gasteiger partial charge in [0.2, 0.25) is 5.91 Å². The van der Waals surface area contributed by atoms with Crippen molar-refractivity contribution < 1.29 is 9.18 Å². The quantitative estimate of drug-likeness (QED) is 0.279. The van der Waals surface area contributed by atoms with Crippen molar-refractivity contribution in [3.63, 3.8) is 0 Å². The van der Waals surface area contributed by atoms with Crippen molar-refractivity contribution in [2.24, 2.45) is 5.84 Å². The van der Waals surface area contributed by atoms with Gasteiger partial charge in [0, 0.05) is 11.3 Å². The van der Waals surface area contributed by atoms with Crippen LogP contribution >= 0.6 is 0 Å². The number of anilines is 3. The van der Waals surface area contributed by atoms with Crippen molar-refractivity contribution in [3.05, 3.63) is 102 Å². The van der Waals surface area contributed by atoms with Crippen LogP contribution in [0.3, 0.4) is 0 Å². The number of nitrogens with one attached hydrogen (secondary N) is 1. The van der Waals surface area contributed by atoms with Crippen molar-refractivity contribution in [2.75, 3.05) is 10.3 Å². The number of hydrogen-bond donors (Lipinski definition) is 2. The Bertz CT molecular complexity index is 1590. The largest absolute Gasteiger partial charge is 0.326 e. The van der Waals surface area contributed by atoms with Gasteiger partial charge in [0.1, 0.15) is 11.9 Å². The number of aromatic nitrogens is 4. The Morgan fingerprint density at radius 3 is 2.58 bits per heavy atom. The van der Waals surface area contributed by atoms with Crippen LogP contribution in [0.2, 0.25) is 0 Å². The van der Waals surface area contributed by atoms with E-state index >= 15 is 0 Å². The first-order valence-electron chi connectivity index (χ1n) is 10.9. The molecule has 0 spiro atoms. The number of carbonyl (C=O) groups excluding carboxylic acids is 1. The molecule has 3 N–H and O–H groups in total. The van der Waals surface area contributed by atoms with Crippen LogP contribution in [0.1, 0.15) is 11.1 Å². The number of hydrazine groups is 1. The van der Waals surface area contributed by atoms with Gasteiger partial charge >= 0.3 is 0 Å². The molecule has 0 saturated heterocycles. The molecule has 9 nitrogen and oxygen atoms in total. The highest BCUT2D eigenvalue weighted by Crippen LogP contribution is 2.24. The Morgan fingerprint density at radius 1 is 1.08 bits per heavy atom. The molecular formula is C26H19FN8O. The fraction of sp³-hybridized carbons (Fsp3) is 0.0385. The summed E-state index contributed by atoms with van der Waals surface area (Å²) in [7, 11) is 0. The van der Waals surface area contributed by atoms with E-state index in [1.807, 2.05) is 12.1 Å². The maximum atomic E-state index is 13.0. The topological polar surface area (TPSA) is 125 Å². The molecule has 0 radical (unpaired) electrons. The minimum absolute atomic E-state index is 0.145. The Hall–Kier alpha value is -5.14. The molecule has 0 aliphatic heterocycles. The zero-order valence-electron chi connectivity index (χ0n) is 18.8. The van der Waals surface area contributed by atoms with Crippen LogP contribution in [-0.4, -0.2) is 25.5 Å². The van der Waals surface area contributed by atoms with Crippen molar-refractivity contribution in [1.82, 2.24) is 19.6 Å². The molecule has 5 rings (SSSR count).